The van der Waals surface area contributed by atoms with Gasteiger partial charge in [0, 0.05) is 16.2 Å². The molecule has 1 aliphatic rings. The number of carbonyl (C=O) groups is 1. The zero-order valence-electron chi connectivity index (χ0n) is 10.2. The van der Waals surface area contributed by atoms with Gasteiger partial charge in [0.15, 0.2) is 0 Å². The molecule has 0 saturated carbocycles. The standard InChI is InChI=1S/C14H11Br2NOS/c1-8-6-9-4-2-3-5-11(9)17(8)14(18)12-7-10(15)13(16)19-12/h2-5,7-8H,6H2,1H3. The van der Waals surface area contributed by atoms with Gasteiger partial charge in [-0.05, 0) is 62.9 Å². The second-order valence-electron chi connectivity index (χ2n) is 4.59. The van der Waals surface area contributed by atoms with Crippen LogP contribution in [-0.4, -0.2) is 11.9 Å². The Balaban J connectivity index is 2.00. The number of carbonyl (C=O) groups excluding carboxylic acids is 1. The van der Waals surface area contributed by atoms with E-state index in [2.05, 4.69) is 44.8 Å². The van der Waals surface area contributed by atoms with Crippen molar-refractivity contribution in [3.05, 3.63) is 49.0 Å². The van der Waals surface area contributed by atoms with Gasteiger partial charge in [0.05, 0.1) is 8.66 Å². The Hall–Kier alpha value is -0.650. The van der Waals surface area contributed by atoms with E-state index in [4.69, 9.17) is 0 Å². The minimum absolute atomic E-state index is 0.0776. The lowest BCUT2D eigenvalue weighted by Crippen LogP contribution is -2.35. The average Bonchev–Trinajstić information content (AvgIpc) is 2.89. The van der Waals surface area contributed by atoms with E-state index in [9.17, 15) is 4.79 Å². The van der Waals surface area contributed by atoms with Crippen LogP contribution in [0.1, 0.15) is 22.2 Å². The van der Waals surface area contributed by atoms with Gasteiger partial charge in [0.1, 0.15) is 0 Å². The van der Waals surface area contributed by atoms with Gasteiger partial charge in [0.2, 0.25) is 0 Å². The first kappa shape index (κ1) is 13.3. The second kappa shape index (κ2) is 5.04. The number of anilines is 1. The number of nitrogens with zero attached hydrogens (tertiary/aromatic N) is 1. The summed E-state index contributed by atoms with van der Waals surface area (Å²) in [6, 6.07) is 10.2. The Kier molecular flexibility index (Phi) is 3.53. The zero-order valence-corrected chi connectivity index (χ0v) is 14.2. The highest BCUT2D eigenvalue weighted by Crippen LogP contribution is 2.37. The minimum Gasteiger partial charge on any atom is -0.304 e. The van der Waals surface area contributed by atoms with Crippen molar-refractivity contribution in [2.75, 3.05) is 4.90 Å². The molecule has 1 aromatic heterocycles. The summed E-state index contributed by atoms with van der Waals surface area (Å²) in [5.74, 6) is 0.0776. The van der Waals surface area contributed by atoms with Crippen LogP contribution in [0.4, 0.5) is 5.69 Å². The van der Waals surface area contributed by atoms with Crippen LogP contribution in [-0.2, 0) is 6.42 Å². The first-order valence-corrected chi connectivity index (χ1v) is 8.34. The van der Waals surface area contributed by atoms with Crippen LogP contribution in [0.25, 0.3) is 0 Å². The molecule has 0 aliphatic carbocycles. The largest absolute Gasteiger partial charge is 0.304 e. The molecule has 2 aromatic rings. The molecule has 2 nitrogen and oxygen atoms in total. The van der Waals surface area contributed by atoms with Crippen molar-refractivity contribution >= 4 is 54.8 Å². The lowest BCUT2D eigenvalue weighted by Gasteiger charge is -2.21. The van der Waals surface area contributed by atoms with Crippen LogP contribution < -0.4 is 4.90 Å². The van der Waals surface area contributed by atoms with Gasteiger partial charge in [-0.3, -0.25) is 4.79 Å². The first-order chi connectivity index (χ1) is 9.08. The van der Waals surface area contributed by atoms with Gasteiger partial charge >= 0.3 is 0 Å². The lowest BCUT2D eigenvalue weighted by atomic mass is 10.1. The summed E-state index contributed by atoms with van der Waals surface area (Å²) in [7, 11) is 0. The number of rotatable bonds is 1. The first-order valence-electron chi connectivity index (χ1n) is 5.94. The third-order valence-corrected chi connectivity index (χ3v) is 6.53. The number of hydrogen-bond donors (Lipinski definition) is 0. The van der Waals surface area contributed by atoms with Gasteiger partial charge < -0.3 is 4.90 Å². The van der Waals surface area contributed by atoms with E-state index >= 15 is 0 Å². The van der Waals surface area contributed by atoms with Crippen LogP contribution in [0, 0.1) is 0 Å². The molecule has 2 heterocycles. The topological polar surface area (TPSA) is 20.3 Å². The van der Waals surface area contributed by atoms with Crippen LogP contribution >= 0.6 is 43.2 Å². The predicted octanol–water partition coefficient (Wildman–Crippen LogP) is 4.86. The van der Waals surface area contributed by atoms with E-state index < -0.39 is 0 Å². The molecule has 1 atom stereocenters. The number of thiophene rings is 1. The Morgan fingerprint density at radius 3 is 2.79 bits per heavy atom. The normalized spacial score (nSPS) is 17.6. The monoisotopic (exact) mass is 399 g/mol. The molecule has 19 heavy (non-hydrogen) atoms. The molecule has 0 bridgehead atoms. The fourth-order valence-electron chi connectivity index (χ4n) is 2.45. The molecule has 0 radical (unpaired) electrons. The van der Waals surface area contributed by atoms with Gasteiger partial charge in [-0.2, -0.15) is 0 Å². The highest BCUT2D eigenvalue weighted by atomic mass is 79.9. The summed E-state index contributed by atoms with van der Waals surface area (Å²) in [5.41, 5.74) is 2.29. The molecule has 1 aliphatic heterocycles. The fourth-order valence-corrected chi connectivity index (χ4v) is 4.42. The van der Waals surface area contributed by atoms with Crippen LogP contribution in [0.15, 0.2) is 38.6 Å². The van der Waals surface area contributed by atoms with Crippen molar-refractivity contribution in [3.63, 3.8) is 0 Å². The predicted molar refractivity (Wildman–Crippen MR) is 86.1 cm³/mol. The van der Waals surface area contributed by atoms with Crippen molar-refractivity contribution in [1.29, 1.82) is 0 Å². The molecule has 0 N–H and O–H groups in total. The summed E-state index contributed by atoms with van der Waals surface area (Å²) in [4.78, 5) is 15.3. The Morgan fingerprint density at radius 1 is 1.37 bits per heavy atom. The number of para-hydroxylation sites is 1. The summed E-state index contributed by atoms with van der Waals surface area (Å²) in [6.07, 6.45) is 0.926. The maximum atomic E-state index is 12.7. The summed E-state index contributed by atoms with van der Waals surface area (Å²) in [5, 5.41) is 0. The van der Waals surface area contributed by atoms with Gasteiger partial charge in [0.25, 0.3) is 5.91 Å². The third-order valence-electron chi connectivity index (χ3n) is 3.28. The van der Waals surface area contributed by atoms with E-state index in [-0.39, 0.29) is 11.9 Å². The zero-order chi connectivity index (χ0) is 13.6. The maximum absolute atomic E-state index is 12.7. The van der Waals surface area contributed by atoms with Gasteiger partial charge in [-0.25, -0.2) is 0 Å². The molecule has 1 aromatic carbocycles. The van der Waals surface area contributed by atoms with Gasteiger partial charge in [-0.15, -0.1) is 11.3 Å². The summed E-state index contributed by atoms with van der Waals surface area (Å²) in [6.45, 7) is 2.09. The molecular weight excluding hydrogens is 390 g/mol. The number of amides is 1. The quantitative estimate of drug-likeness (QED) is 0.668. The summed E-state index contributed by atoms with van der Waals surface area (Å²) < 4.78 is 1.89. The van der Waals surface area contributed by atoms with E-state index in [0.717, 1.165) is 25.2 Å². The van der Waals surface area contributed by atoms with E-state index in [0.29, 0.717) is 0 Å². The number of benzene rings is 1. The van der Waals surface area contributed by atoms with Crippen molar-refractivity contribution in [1.82, 2.24) is 0 Å². The highest BCUT2D eigenvalue weighted by molar-refractivity contribution is 9.13. The van der Waals surface area contributed by atoms with E-state index in [1.807, 2.05) is 29.2 Å². The number of halogens is 2. The Morgan fingerprint density at radius 2 is 2.11 bits per heavy atom. The maximum Gasteiger partial charge on any atom is 0.268 e. The van der Waals surface area contributed by atoms with Crippen LogP contribution in [0.2, 0.25) is 0 Å². The molecule has 98 valence electrons. The Labute approximate surface area is 132 Å². The molecule has 5 heteroatoms. The molecule has 3 rings (SSSR count). The van der Waals surface area contributed by atoms with E-state index in [1.54, 1.807) is 0 Å². The van der Waals surface area contributed by atoms with Crippen molar-refractivity contribution in [3.8, 4) is 0 Å². The second-order valence-corrected chi connectivity index (χ2v) is 7.81. The number of fused-ring (bicyclic) bond motifs is 1. The molecule has 0 saturated heterocycles. The average molecular weight is 401 g/mol. The SMILES string of the molecule is CC1Cc2ccccc2N1C(=O)c1cc(Br)c(Br)s1. The molecule has 1 unspecified atom stereocenters. The van der Waals surface area contributed by atoms with Gasteiger partial charge in [-0.1, -0.05) is 18.2 Å². The summed E-state index contributed by atoms with van der Waals surface area (Å²) >= 11 is 8.34. The third kappa shape index (κ3) is 2.28. The van der Waals surface area contributed by atoms with Crippen molar-refractivity contribution < 1.29 is 4.79 Å². The molecule has 0 fully saturated rings. The number of hydrogen-bond acceptors (Lipinski definition) is 2. The van der Waals surface area contributed by atoms with E-state index in [1.165, 1.54) is 16.9 Å². The lowest BCUT2D eigenvalue weighted by molar-refractivity contribution is 0.0985. The molecular formula is C14H11Br2NOS. The fraction of sp³-hybridized carbons (Fsp3) is 0.214. The van der Waals surface area contributed by atoms with Crippen molar-refractivity contribution in [2.45, 2.75) is 19.4 Å². The molecule has 1 amide bonds. The Bertz CT molecular complexity index is 633. The highest BCUT2D eigenvalue weighted by Gasteiger charge is 2.32. The molecule has 0 spiro atoms. The van der Waals surface area contributed by atoms with Crippen LogP contribution in [0.5, 0.6) is 0 Å². The smallest absolute Gasteiger partial charge is 0.268 e. The van der Waals surface area contributed by atoms with Crippen LogP contribution in [0.3, 0.4) is 0 Å². The minimum atomic E-state index is 0.0776. The van der Waals surface area contributed by atoms with Crippen molar-refractivity contribution in [2.24, 2.45) is 0 Å².